The zero-order chi connectivity index (χ0) is 27.3. The van der Waals surface area contributed by atoms with Crippen LogP contribution in [0, 0.1) is 35.0 Å². The Labute approximate surface area is 238 Å². The second-order valence-corrected chi connectivity index (χ2v) is 13.1. The van der Waals surface area contributed by atoms with Gasteiger partial charge in [-0.1, -0.05) is 75.4 Å². The third-order valence-electron chi connectivity index (χ3n) is 11.1. The summed E-state index contributed by atoms with van der Waals surface area (Å²) < 4.78 is 12.2. The monoisotopic (exact) mass is 538 g/mol. The van der Waals surface area contributed by atoms with Crippen molar-refractivity contribution in [2.45, 2.75) is 90.4 Å². The average molecular weight is 539 g/mol. The van der Waals surface area contributed by atoms with Crippen LogP contribution in [0.25, 0.3) is 0 Å². The van der Waals surface area contributed by atoms with E-state index in [1.807, 2.05) is 6.07 Å². The van der Waals surface area contributed by atoms with Gasteiger partial charge in [0.15, 0.2) is 0 Å². The Bertz CT molecular complexity index is 1310. The highest BCUT2D eigenvalue weighted by molar-refractivity contribution is 5.99. The third kappa shape index (κ3) is 4.25. The number of allylic oxidation sites excluding steroid dienone is 5. The molecule has 5 unspecified atom stereocenters. The number of hydrogen-bond acceptors (Lipinski definition) is 4. The van der Waals surface area contributed by atoms with Crippen LogP contribution in [0.1, 0.15) is 89.5 Å². The lowest BCUT2D eigenvalue weighted by atomic mass is 9.46. The van der Waals surface area contributed by atoms with Crippen molar-refractivity contribution >= 4 is 11.9 Å². The lowest BCUT2D eigenvalue weighted by Gasteiger charge is -2.54. The molecule has 40 heavy (non-hydrogen) atoms. The number of fused-ring (bicyclic) bond motifs is 1. The lowest BCUT2D eigenvalue weighted by molar-refractivity contribution is -0.135. The molecular formula is C36H42O4. The maximum absolute atomic E-state index is 13.6. The molecule has 0 amide bonds. The molecule has 8 rings (SSSR count). The number of hydrogen-bond donors (Lipinski definition) is 0. The smallest absolute Gasteiger partial charge is 0.340 e. The van der Waals surface area contributed by atoms with Crippen molar-refractivity contribution < 1.29 is 19.1 Å². The summed E-state index contributed by atoms with van der Waals surface area (Å²) in [7, 11) is 0. The zero-order valence-corrected chi connectivity index (χ0v) is 23.8. The molecule has 0 radical (unpaired) electrons. The van der Waals surface area contributed by atoms with Crippen molar-refractivity contribution in [1.29, 1.82) is 0 Å². The van der Waals surface area contributed by atoms with E-state index in [9.17, 15) is 9.59 Å². The van der Waals surface area contributed by atoms with Crippen LogP contribution in [0.3, 0.4) is 0 Å². The molecule has 7 aliphatic rings. The van der Waals surface area contributed by atoms with Crippen molar-refractivity contribution in [3.05, 3.63) is 82.4 Å². The standard InChI is InChI=1S/C36H42O4/c1-2-23(20-25-12-7-4-8-13-25)21-31-36-19-18-26(22-29(36)34(37)40-31)27-16-17-28-30(39-35(38)32(28)33(27)36)15-9-14-24-10-5-3-6-11-24/h4,7-8,12-13,15,21-24,26-27,33H,2-3,5-6,9-11,14,16-20H2,1H3. The van der Waals surface area contributed by atoms with Crippen molar-refractivity contribution in [2.75, 3.05) is 0 Å². The lowest BCUT2D eigenvalue weighted by Crippen LogP contribution is -2.50. The average Bonchev–Trinajstić information content (AvgIpc) is 3.47. The number of esters is 2. The summed E-state index contributed by atoms with van der Waals surface area (Å²) in [4.78, 5) is 27.0. The molecule has 3 fully saturated rings. The van der Waals surface area contributed by atoms with Gasteiger partial charge in [-0.05, 0) is 92.8 Å². The van der Waals surface area contributed by atoms with E-state index in [2.05, 4.69) is 49.4 Å². The number of carbonyl (C=O) groups is 2. The van der Waals surface area contributed by atoms with Gasteiger partial charge < -0.3 is 9.47 Å². The highest BCUT2D eigenvalue weighted by atomic mass is 16.5. The van der Waals surface area contributed by atoms with Gasteiger partial charge in [0.2, 0.25) is 0 Å². The summed E-state index contributed by atoms with van der Waals surface area (Å²) in [6.45, 7) is 2.20. The number of cyclic esters (lactones) is 2. The minimum atomic E-state index is -0.530. The molecule has 1 aromatic rings. The Balaban J connectivity index is 1.23. The van der Waals surface area contributed by atoms with Crippen LogP contribution in [0.4, 0.5) is 0 Å². The molecule has 0 N–H and O–H groups in total. The molecule has 1 spiro atoms. The van der Waals surface area contributed by atoms with E-state index in [-0.39, 0.29) is 23.8 Å². The quantitative estimate of drug-likeness (QED) is 0.329. The topological polar surface area (TPSA) is 52.6 Å². The number of rotatable bonds is 7. The van der Waals surface area contributed by atoms with Gasteiger partial charge in [-0.2, -0.15) is 0 Å². The second kappa shape index (κ2) is 10.5. The summed E-state index contributed by atoms with van der Waals surface area (Å²) in [5.74, 6) is 2.97. The summed E-state index contributed by atoms with van der Waals surface area (Å²) in [6.07, 6.45) is 21.3. The Hall–Kier alpha value is -2.88. The summed E-state index contributed by atoms with van der Waals surface area (Å²) in [6, 6.07) is 10.6. The fraction of sp³-hybridized carbons (Fsp3) is 0.556. The molecule has 2 heterocycles. The first kappa shape index (κ1) is 26.0. The number of benzene rings is 1. The second-order valence-electron chi connectivity index (χ2n) is 13.1. The van der Waals surface area contributed by atoms with Gasteiger partial charge in [0.25, 0.3) is 0 Å². The predicted molar refractivity (Wildman–Crippen MR) is 155 cm³/mol. The van der Waals surface area contributed by atoms with E-state index in [0.717, 1.165) is 79.1 Å². The molecule has 5 aliphatic carbocycles. The zero-order valence-electron chi connectivity index (χ0n) is 23.8. The van der Waals surface area contributed by atoms with Gasteiger partial charge >= 0.3 is 11.9 Å². The van der Waals surface area contributed by atoms with Crippen molar-refractivity contribution in [3.8, 4) is 0 Å². The van der Waals surface area contributed by atoms with Gasteiger partial charge in [-0.25, -0.2) is 9.59 Å². The SMILES string of the molecule is CCC(C=C1OC(=O)C2=CC3CCC12C1C2=C(CCC31)C(=CCCC1CCCCC1)OC2=O)Cc1ccccc1. The predicted octanol–water partition coefficient (Wildman–Crippen LogP) is 8.16. The number of ether oxygens (including phenoxy) is 2. The van der Waals surface area contributed by atoms with Crippen LogP contribution in [-0.2, 0) is 25.5 Å². The van der Waals surface area contributed by atoms with E-state index >= 15 is 0 Å². The Morgan fingerprint density at radius 1 is 1.00 bits per heavy atom. The molecule has 5 atom stereocenters. The maximum Gasteiger partial charge on any atom is 0.340 e. The van der Waals surface area contributed by atoms with E-state index in [4.69, 9.17) is 9.47 Å². The van der Waals surface area contributed by atoms with E-state index < -0.39 is 5.41 Å². The maximum atomic E-state index is 13.6. The van der Waals surface area contributed by atoms with Crippen LogP contribution in [0.5, 0.6) is 0 Å². The minimum absolute atomic E-state index is 0.0290. The molecule has 0 aromatic heterocycles. The minimum Gasteiger partial charge on any atom is -0.427 e. The first-order valence-corrected chi connectivity index (χ1v) is 15.9. The number of carbonyl (C=O) groups excluding carboxylic acids is 2. The van der Waals surface area contributed by atoms with Gasteiger partial charge in [-0.3, -0.25) is 0 Å². The molecule has 2 saturated carbocycles. The normalized spacial score (nSPS) is 33.9. The molecule has 2 aliphatic heterocycles. The van der Waals surface area contributed by atoms with Gasteiger partial charge in [-0.15, -0.1) is 0 Å². The highest BCUT2D eigenvalue weighted by Crippen LogP contribution is 2.68. The molecule has 210 valence electrons. The first-order chi connectivity index (χ1) is 19.6. The molecule has 1 saturated heterocycles. The summed E-state index contributed by atoms with van der Waals surface area (Å²) in [5, 5.41) is 0. The van der Waals surface area contributed by atoms with Crippen molar-refractivity contribution in [3.63, 3.8) is 0 Å². The van der Waals surface area contributed by atoms with Crippen LogP contribution in [-0.4, -0.2) is 11.9 Å². The molecule has 1 aromatic carbocycles. The largest absolute Gasteiger partial charge is 0.427 e. The molecular weight excluding hydrogens is 496 g/mol. The van der Waals surface area contributed by atoms with E-state index in [1.165, 1.54) is 44.1 Å². The Morgan fingerprint density at radius 2 is 1.82 bits per heavy atom. The van der Waals surface area contributed by atoms with E-state index in [0.29, 0.717) is 11.8 Å². The highest BCUT2D eigenvalue weighted by Gasteiger charge is 2.66. The fourth-order valence-electron chi connectivity index (χ4n) is 9.08. The van der Waals surface area contributed by atoms with Crippen molar-refractivity contribution in [1.82, 2.24) is 0 Å². The van der Waals surface area contributed by atoms with Gasteiger partial charge in [0.05, 0.1) is 5.41 Å². The molecule has 2 bridgehead atoms. The summed E-state index contributed by atoms with van der Waals surface area (Å²) in [5.41, 5.74) is 3.54. The third-order valence-corrected chi connectivity index (χ3v) is 11.1. The van der Waals surface area contributed by atoms with E-state index in [1.54, 1.807) is 0 Å². The Kier molecular flexibility index (Phi) is 6.84. The fourth-order valence-corrected chi connectivity index (χ4v) is 9.08. The summed E-state index contributed by atoms with van der Waals surface area (Å²) >= 11 is 0. The molecule has 4 heteroatoms. The van der Waals surface area contributed by atoms with Crippen LogP contribution >= 0.6 is 0 Å². The van der Waals surface area contributed by atoms with Crippen LogP contribution in [0.2, 0.25) is 0 Å². The van der Waals surface area contributed by atoms with Crippen LogP contribution in [0.15, 0.2) is 76.8 Å². The van der Waals surface area contributed by atoms with Crippen molar-refractivity contribution in [2.24, 2.45) is 35.0 Å². The van der Waals surface area contributed by atoms with Gasteiger partial charge in [0.1, 0.15) is 11.5 Å². The van der Waals surface area contributed by atoms with Crippen LogP contribution < -0.4 is 0 Å². The van der Waals surface area contributed by atoms with Gasteiger partial charge in [0, 0.05) is 22.6 Å². The Morgan fingerprint density at radius 3 is 2.62 bits per heavy atom. The molecule has 4 nitrogen and oxygen atoms in total. The first-order valence-electron chi connectivity index (χ1n) is 15.9.